The van der Waals surface area contributed by atoms with E-state index in [9.17, 15) is 14.7 Å². The van der Waals surface area contributed by atoms with Crippen molar-refractivity contribution >= 4 is 11.9 Å². The van der Waals surface area contributed by atoms with Gasteiger partial charge < -0.3 is 15.2 Å². The van der Waals surface area contributed by atoms with Crippen molar-refractivity contribution in [2.75, 3.05) is 6.61 Å². The molecule has 1 amide bonds. The van der Waals surface area contributed by atoms with Gasteiger partial charge in [0.1, 0.15) is 11.3 Å². The van der Waals surface area contributed by atoms with E-state index < -0.39 is 5.97 Å². The minimum atomic E-state index is -0.716. The Hall–Kier alpha value is -2.04. The van der Waals surface area contributed by atoms with Gasteiger partial charge in [0.25, 0.3) is 5.91 Å². The summed E-state index contributed by atoms with van der Waals surface area (Å²) in [5.41, 5.74) is 0.551. The Morgan fingerprint density at radius 3 is 2.55 bits per heavy atom. The highest BCUT2D eigenvalue weighted by Crippen LogP contribution is 2.19. The van der Waals surface area contributed by atoms with Crippen LogP contribution in [0.5, 0.6) is 5.75 Å². The predicted octanol–water partition coefficient (Wildman–Crippen LogP) is 2.16. The van der Waals surface area contributed by atoms with Crippen LogP contribution in [-0.4, -0.2) is 29.1 Å². The molecule has 0 bridgehead atoms. The van der Waals surface area contributed by atoms with E-state index in [-0.39, 0.29) is 29.4 Å². The molecule has 2 N–H and O–H groups in total. The molecule has 0 atom stereocenters. The molecular formula is C15H21NO4. The van der Waals surface area contributed by atoms with Crippen molar-refractivity contribution < 1.29 is 19.4 Å². The Balaban J connectivity index is 2.57. The Bertz CT molecular complexity index is 509. The minimum absolute atomic E-state index is 0.0538. The van der Waals surface area contributed by atoms with E-state index in [2.05, 4.69) is 5.32 Å². The fourth-order valence-corrected chi connectivity index (χ4v) is 1.53. The number of phenolic OH excluding ortho intramolecular Hbond substituents is 1. The number of esters is 1. The first-order chi connectivity index (χ1) is 9.25. The van der Waals surface area contributed by atoms with Gasteiger partial charge in [0, 0.05) is 5.54 Å². The van der Waals surface area contributed by atoms with E-state index in [0.717, 1.165) is 12.0 Å². The van der Waals surface area contributed by atoms with Gasteiger partial charge in [-0.05, 0) is 44.9 Å². The van der Waals surface area contributed by atoms with Gasteiger partial charge in [-0.1, -0.05) is 13.0 Å². The number of amides is 1. The highest BCUT2D eigenvalue weighted by atomic mass is 16.5. The summed E-state index contributed by atoms with van der Waals surface area (Å²) < 4.78 is 4.89. The lowest BCUT2D eigenvalue weighted by molar-refractivity contribution is -0.125. The van der Waals surface area contributed by atoms with Crippen LogP contribution in [0, 0.1) is 6.92 Å². The number of carbonyl (C=O) groups excluding carboxylic acids is 2. The van der Waals surface area contributed by atoms with Crippen LogP contribution in [-0.2, 0) is 9.53 Å². The number of aryl methyl sites for hydroxylation is 1. The second-order valence-electron chi connectivity index (χ2n) is 5.38. The zero-order chi connectivity index (χ0) is 15.3. The molecule has 0 spiro atoms. The molecule has 1 rings (SSSR count). The Kier molecular flexibility index (Phi) is 5.13. The molecular weight excluding hydrogens is 258 g/mol. The van der Waals surface area contributed by atoms with Crippen LogP contribution in [0.25, 0.3) is 0 Å². The van der Waals surface area contributed by atoms with Gasteiger partial charge in [-0.15, -0.1) is 0 Å². The summed E-state index contributed by atoms with van der Waals surface area (Å²) in [6, 6.07) is 4.63. The van der Waals surface area contributed by atoms with Gasteiger partial charge in [0.15, 0.2) is 6.61 Å². The third-order valence-corrected chi connectivity index (χ3v) is 3.07. The van der Waals surface area contributed by atoms with Gasteiger partial charge >= 0.3 is 5.97 Å². The van der Waals surface area contributed by atoms with E-state index in [0.29, 0.717) is 0 Å². The Morgan fingerprint density at radius 1 is 1.35 bits per heavy atom. The molecule has 0 aliphatic rings. The van der Waals surface area contributed by atoms with Crippen LogP contribution < -0.4 is 5.32 Å². The van der Waals surface area contributed by atoms with Crippen LogP contribution in [0.2, 0.25) is 0 Å². The summed E-state index contributed by atoms with van der Waals surface area (Å²) in [5.74, 6) is -1.23. The highest BCUT2D eigenvalue weighted by Gasteiger charge is 2.19. The number of aromatic hydroxyl groups is 1. The maximum Gasteiger partial charge on any atom is 0.342 e. The van der Waals surface area contributed by atoms with Crippen molar-refractivity contribution in [3.8, 4) is 5.75 Å². The standard InChI is InChI=1S/C15H21NO4/c1-5-15(3,4)16-13(18)9-20-14(19)11-7-6-10(2)8-12(11)17/h6-8,17H,5,9H2,1-4H3,(H,16,18). The van der Waals surface area contributed by atoms with Gasteiger partial charge in [0.2, 0.25) is 0 Å². The van der Waals surface area contributed by atoms with Crippen LogP contribution in [0.4, 0.5) is 0 Å². The zero-order valence-corrected chi connectivity index (χ0v) is 12.3. The molecule has 0 aromatic heterocycles. The molecule has 110 valence electrons. The molecule has 0 radical (unpaired) electrons. The quantitative estimate of drug-likeness (QED) is 0.810. The fraction of sp³-hybridized carbons (Fsp3) is 0.467. The van der Waals surface area contributed by atoms with E-state index in [1.165, 1.54) is 12.1 Å². The summed E-state index contributed by atoms with van der Waals surface area (Å²) in [6.45, 7) is 7.17. The lowest BCUT2D eigenvalue weighted by Crippen LogP contribution is -2.44. The SMILES string of the molecule is CCC(C)(C)NC(=O)COC(=O)c1ccc(C)cc1O. The number of ether oxygens (including phenoxy) is 1. The summed E-state index contributed by atoms with van der Waals surface area (Å²) >= 11 is 0. The van der Waals surface area contributed by atoms with Crippen molar-refractivity contribution in [3.63, 3.8) is 0 Å². The summed E-state index contributed by atoms with van der Waals surface area (Å²) in [6.07, 6.45) is 0.769. The molecule has 0 fully saturated rings. The second kappa shape index (κ2) is 6.41. The van der Waals surface area contributed by atoms with Crippen molar-refractivity contribution in [3.05, 3.63) is 29.3 Å². The number of rotatable bonds is 5. The number of carbonyl (C=O) groups is 2. The van der Waals surface area contributed by atoms with Crippen LogP contribution in [0.1, 0.15) is 43.1 Å². The molecule has 20 heavy (non-hydrogen) atoms. The summed E-state index contributed by atoms with van der Waals surface area (Å²) in [4.78, 5) is 23.4. The average Bonchev–Trinajstić information content (AvgIpc) is 2.35. The summed E-state index contributed by atoms with van der Waals surface area (Å²) in [7, 11) is 0. The minimum Gasteiger partial charge on any atom is -0.507 e. The van der Waals surface area contributed by atoms with Gasteiger partial charge in [-0.25, -0.2) is 4.79 Å². The Morgan fingerprint density at radius 2 is 2.00 bits per heavy atom. The van der Waals surface area contributed by atoms with Crippen LogP contribution >= 0.6 is 0 Å². The summed E-state index contributed by atoms with van der Waals surface area (Å²) in [5, 5.41) is 12.4. The maximum atomic E-state index is 11.8. The molecule has 0 unspecified atom stereocenters. The zero-order valence-electron chi connectivity index (χ0n) is 12.3. The normalized spacial score (nSPS) is 11.0. The molecule has 1 aromatic rings. The Labute approximate surface area is 118 Å². The molecule has 5 nitrogen and oxygen atoms in total. The molecule has 0 aliphatic carbocycles. The number of hydrogen-bond acceptors (Lipinski definition) is 4. The molecule has 0 aliphatic heterocycles. The lowest BCUT2D eigenvalue weighted by Gasteiger charge is -2.24. The van der Waals surface area contributed by atoms with E-state index >= 15 is 0 Å². The van der Waals surface area contributed by atoms with Gasteiger partial charge in [0.05, 0.1) is 0 Å². The van der Waals surface area contributed by atoms with E-state index in [4.69, 9.17) is 4.74 Å². The maximum absolute atomic E-state index is 11.8. The topological polar surface area (TPSA) is 75.6 Å². The lowest BCUT2D eigenvalue weighted by atomic mass is 10.0. The average molecular weight is 279 g/mol. The molecule has 5 heteroatoms. The smallest absolute Gasteiger partial charge is 0.342 e. The van der Waals surface area contributed by atoms with Gasteiger partial charge in [-0.2, -0.15) is 0 Å². The van der Waals surface area contributed by atoms with Crippen molar-refractivity contribution in [2.24, 2.45) is 0 Å². The number of benzene rings is 1. The first-order valence-corrected chi connectivity index (χ1v) is 6.53. The largest absolute Gasteiger partial charge is 0.507 e. The van der Waals surface area contributed by atoms with Gasteiger partial charge in [-0.3, -0.25) is 4.79 Å². The first kappa shape index (κ1) is 16.0. The highest BCUT2D eigenvalue weighted by molar-refractivity contribution is 5.94. The van der Waals surface area contributed by atoms with Crippen molar-refractivity contribution in [2.45, 2.75) is 39.7 Å². The van der Waals surface area contributed by atoms with Crippen molar-refractivity contribution in [1.82, 2.24) is 5.32 Å². The third-order valence-electron chi connectivity index (χ3n) is 3.07. The predicted molar refractivity (Wildman–Crippen MR) is 75.6 cm³/mol. The van der Waals surface area contributed by atoms with E-state index in [1.807, 2.05) is 20.8 Å². The first-order valence-electron chi connectivity index (χ1n) is 6.53. The molecule has 1 aromatic carbocycles. The van der Waals surface area contributed by atoms with Crippen molar-refractivity contribution in [1.29, 1.82) is 0 Å². The second-order valence-corrected chi connectivity index (χ2v) is 5.38. The number of hydrogen-bond donors (Lipinski definition) is 2. The number of nitrogens with one attached hydrogen (secondary N) is 1. The molecule has 0 saturated carbocycles. The molecule has 0 saturated heterocycles. The fourth-order valence-electron chi connectivity index (χ4n) is 1.53. The monoisotopic (exact) mass is 279 g/mol. The van der Waals surface area contributed by atoms with Crippen LogP contribution in [0.3, 0.4) is 0 Å². The van der Waals surface area contributed by atoms with Crippen LogP contribution in [0.15, 0.2) is 18.2 Å². The third kappa shape index (κ3) is 4.57. The molecule has 0 heterocycles. The number of phenols is 1. The van der Waals surface area contributed by atoms with E-state index in [1.54, 1.807) is 13.0 Å².